The van der Waals surface area contributed by atoms with Crippen LogP contribution in [0.25, 0.3) is 0 Å². The van der Waals surface area contributed by atoms with Gasteiger partial charge in [-0.1, -0.05) is 11.6 Å². The van der Waals surface area contributed by atoms with E-state index in [4.69, 9.17) is 21.4 Å². The lowest BCUT2D eigenvalue weighted by Gasteiger charge is -2.09. The van der Waals surface area contributed by atoms with E-state index in [9.17, 15) is 13.6 Å². The molecule has 0 unspecified atom stereocenters. The summed E-state index contributed by atoms with van der Waals surface area (Å²) in [6.45, 7) is 0. The third kappa shape index (κ3) is 2.79. The van der Waals surface area contributed by atoms with Gasteiger partial charge in [-0.2, -0.15) is 0 Å². The van der Waals surface area contributed by atoms with Gasteiger partial charge in [0.25, 0.3) is 6.43 Å². The molecular formula is C9H8ClF2NO3. The van der Waals surface area contributed by atoms with Crippen molar-refractivity contribution in [2.45, 2.75) is 12.8 Å². The molecule has 0 atom stereocenters. The summed E-state index contributed by atoms with van der Waals surface area (Å²) in [5.74, 6) is -1.22. The van der Waals surface area contributed by atoms with Gasteiger partial charge in [0.15, 0.2) is 0 Å². The number of aromatic nitrogens is 1. The maximum absolute atomic E-state index is 12.4. The number of methoxy groups -OCH3 is 1. The van der Waals surface area contributed by atoms with Crippen LogP contribution in [0.2, 0.25) is 5.02 Å². The van der Waals surface area contributed by atoms with E-state index in [0.717, 1.165) is 6.07 Å². The summed E-state index contributed by atoms with van der Waals surface area (Å²) < 4.78 is 29.6. The molecule has 0 radical (unpaired) electrons. The third-order valence-electron chi connectivity index (χ3n) is 1.77. The van der Waals surface area contributed by atoms with E-state index in [1.807, 2.05) is 0 Å². The lowest BCUT2D eigenvalue weighted by Crippen LogP contribution is -2.06. The second kappa shape index (κ2) is 5.07. The fraction of sp³-hybridized carbons (Fsp3) is 0.333. The second-order valence-corrected chi connectivity index (χ2v) is 3.26. The van der Waals surface area contributed by atoms with E-state index >= 15 is 0 Å². The van der Waals surface area contributed by atoms with Crippen LogP contribution in [0.1, 0.15) is 17.8 Å². The number of halogens is 3. The summed E-state index contributed by atoms with van der Waals surface area (Å²) in [5, 5.41) is 8.50. The molecule has 16 heavy (non-hydrogen) atoms. The number of rotatable bonds is 4. The first-order chi connectivity index (χ1) is 7.45. The number of aliphatic carboxylic acids is 1. The lowest BCUT2D eigenvalue weighted by atomic mass is 10.2. The van der Waals surface area contributed by atoms with Gasteiger partial charge in [-0.25, -0.2) is 13.8 Å². The normalized spacial score (nSPS) is 10.6. The Hall–Kier alpha value is -1.43. The molecular weight excluding hydrogens is 244 g/mol. The lowest BCUT2D eigenvalue weighted by molar-refractivity contribution is -0.136. The van der Waals surface area contributed by atoms with E-state index in [2.05, 4.69) is 4.98 Å². The van der Waals surface area contributed by atoms with Crippen molar-refractivity contribution >= 4 is 17.6 Å². The molecule has 1 aromatic rings. The Morgan fingerprint density at radius 1 is 1.69 bits per heavy atom. The van der Waals surface area contributed by atoms with Gasteiger partial charge in [-0.3, -0.25) is 4.79 Å². The number of carbonyl (C=O) groups is 1. The highest BCUT2D eigenvalue weighted by Gasteiger charge is 2.18. The molecule has 0 aliphatic heterocycles. The number of ether oxygens (including phenoxy) is 1. The predicted molar refractivity (Wildman–Crippen MR) is 52.1 cm³/mol. The zero-order valence-corrected chi connectivity index (χ0v) is 8.96. The standard InChI is InChI=1S/C9H8ClF2NO3/c1-16-6-2-5(9(11)12)13-4(8(6)10)3-7(14)15/h2,9H,3H2,1H3,(H,14,15). The van der Waals surface area contributed by atoms with Crippen molar-refractivity contribution in [1.29, 1.82) is 0 Å². The molecule has 0 amide bonds. The van der Waals surface area contributed by atoms with Gasteiger partial charge in [-0.05, 0) is 0 Å². The van der Waals surface area contributed by atoms with Gasteiger partial charge in [0, 0.05) is 6.07 Å². The van der Waals surface area contributed by atoms with Gasteiger partial charge < -0.3 is 9.84 Å². The van der Waals surface area contributed by atoms with Gasteiger partial charge in [-0.15, -0.1) is 0 Å². The van der Waals surface area contributed by atoms with Crippen molar-refractivity contribution in [2.24, 2.45) is 0 Å². The molecule has 1 aromatic heterocycles. The van der Waals surface area contributed by atoms with Gasteiger partial charge in [0.2, 0.25) is 0 Å². The van der Waals surface area contributed by atoms with E-state index in [1.165, 1.54) is 7.11 Å². The summed E-state index contributed by atoms with van der Waals surface area (Å²) in [6, 6.07) is 0.984. The highest BCUT2D eigenvalue weighted by atomic mass is 35.5. The van der Waals surface area contributed by atoms with Crippen LogP contribution in [0.15, 0.2) is 6.07 Å². The van der Waals surface area contributed by atoms with Crippen LogP contribution in [0.4, 0.5) is 8.78 Å². The van der Waals surface area contributed by atoms with Crippen LogP contribution in [-0.4, -0.2) is 23.2 Å². The molecule has 0 spiro atoms. The number of hydrogen-bond donors (Lipinski definition) is 1. The number of carboxylic acid groups (broad SMARTS) is 1. The molecule has 0 saturated carbocycles. The van der Waals surface area contributed by atoms with Crippen LogP contribution in [0.3, 0.4) is 0 Å². The average Bonchev–Trinajstić information content (AvgIpc) is 2.20. The third-order valence-corrected chi connectivity index (χ3v) is 2.18. The predicted octanol–water partition coefficient (Wildman–Crippen LogP) is 2.31. The summed E-state index contributed by atoms with van der Waals surface area (Å²) in [6.07, 6.45) is -3.34. The minimum atomic E-state index is -2.81. The monoisotopic (exact) mass is 251 g/mol. The number of alkyl halides is 2. The van der Waals surface area contributed by atoms with Crippen molar-refractivity contribution in [3.8, 4) is 5.75 Å². The molecule has 1 N–H and O–H groups in total. The van der Waals surface area contributed by atoms with Crippen molar-refractivity contribution in [1.82, 2.24) is 4.98 Å². The molecule has 88 valence electrons. The zero-order valence-electron chi connectivity index (χ0n) is 8.21. The first-order valence-electron chi connectivity index (χ1n) is 4.19. The smallest absolute Gasteiger partial charge is 0.309 e. The molecule has 0 bridgehead atoms. The highest BCUT2D eigenvalue weighted by molar-refractivity contribution is 6.32. The van der Waals surface area contributed by atoms with Crippen LogP contribution in [-0.2, 0) is 11.2 Å². The van der Waals surface area contributed by atoms with Crippen molar-refractivity contribution < 1.29 is 23.4 Å². The number of pyridine rings is 1. The summed E-state index contributed by atoms with van der Waals surface area (Å²) >= 11 is 5.73. The fourth-order valence-corrected chi connectivity index (χ4v) is 1.34. The number of nitrogens with zero attached hydrogens (tertiary/aromatic N) is 1. The average molecular weight is 252 g/mol. The van der Waals surface area contributed by atoms with Crippen LogP contribution >= 0.6 is 11.6 Å². The molecule has 0 fully saturated rings. The second-order valence-electron chi connectivity index (χ2n) is 2.88. The van der Waals surface area contributed by atoms with Crippen LogP contribution in [0.5, 0.6) is 5.75 Å². The molecule has 7 heteroatoms. The van der Waals surface area contributed by atoms with E-state index in [0.29, 0.717) is 0 Å². The minimum absolute atomic E-state index is 0.0109. The number of carboxylic acids is 1. The zero-order chi connectivity index (χ0) is 12.3. The van der Waals surface area contributed by atoms with Crippen molar-refractivity contribution in [2.75, 3.05) is 7.11 Å². The highest BCUT2D eigenvalue weighted by Crippen LogP contribution is 2.31. The minimum Gasteiger partial charge on any atom is -0.495 e. The first-order valence-corrected chi connectivity index (χ1v) is 4.56. The summed E-state index contributed by atoms with van der Waals surface area (Å²) in [7, 11) is 1.25. The van der Waals surface area contributed by atoms with Gasteiger partial charge in [0.1, 0.15) is 16.5 Å². The summed E-state index contributed by atoms with van der Waals surface area (Å²) in [4.78, 5) is 14.0. The Bertz CT molecular complexity index is 412. The van der Waals surface area contributed by atoms with Crippen LogP contribution < -0.4 is 4.74 Å². The van der Waals surface area contributed by atoms with E-state index < -0.39 is 24.5 Å². The molecule has 0 aromatic carbocycles. The maximum atomic E-state index is 12.4. The number of hydrogen-bond acceptors (Lipinski definition) is 3. The Kier molecular flexibility index (Phi) is 4.00. The first kappa shape index (κ1) is 12.6. The molecule has 1 heterocycles. The molecule has 0 saturated heterocycles. The Balaban J connectivity index is 3.24. The quantitative estimate of drug-likeness (QED) is 0.892. The fourth-order valence-electron chi connectivity index (χ4n) is 1.10. The maximum Gasteiger partial charge on any atom is 0.309 e. The molecule has 1 rings (SSSR count). The SMILES string of the molecule is COc1cc(C(F)F)nc(CC(=O)O)c1Cl. The summed E-state index contributed by atoms with van der Waals surface area (Å²) in [5.41, 5.74) is -0.693. The Labute approximate surface area is 94.8 Å². The van der Waals surface area contributed by atoms with E-state index in [1.54, 1.807) is 0 Å². The van der Waals surface area contributed by atoms with Crippen molar-refractivity contribution in [3.05, 3.63) is 22.5 Å². The Morgan fingerprint density at radius 2 is 2.31 bits per heavy atom. The molecule has 0 aliphatic rings. The Morgan fingerprint density at radius 3 is 2.75 bits per heavy atom. The largest absolute Gasteiger partial charge is 0.495 e. The molecule has 4 nitrogen and oxygen atoms in total. The topological polar surface area (TPSA) is 59.4 Å². The van der Waals surface area contributed by atoms with Gasteiger partial charge >= 0.3 is 5.97 Å². The van der Waals surface area contributed by atoms with Crippen molar-refractivity contribution in [3.63, 3.8) is 0 Å². The van der Waals surface area contributed by atoms with Gasteiger partial charge in [0.05, 0.1) is 19.2 Å². The molecule has 0 aliphatic carbocycles. The van der Waals surface area contributed by atoms with E-state index in [-0.39, 0.29) is 16.5 Å². The van der Waals surface area contributed by atoms with Crippen LogP contribution in [0, 0.1) is 0 Å².